The van der Waals surface area contributed by atoms with E-state index in [1.165, 1.54) is 35.8 Å². The molecule has 1 aromatic heterocycles. The molecule has 0 spiro atoms. The minimum atomic E-state index is 0.420. The Morgan fingerprint density at radius 3 is 2.83 bits per heavy atom. The van der Waals surface area contributed by atoms with Crippen LogP contribution in [0, 0.1) is 5.92 Å². The number of rotatable bonds is 7. The molecule has 2 rings (SSSR count). The van der Waals surface area contributed by atoms with Crippen molar-refractivity contribution in [1.29, 1.82) is 0 Å². The molecule has 0 radical (unpaired) electrons. The second kappa shape index (κ2) is 6.53. The molecule has 102 valence electrons. The van der Waals surface area contributed by atoms with E-state index in [0.717, 1.165) is 19.0 Å². The Balaban J connectivity index is 1.97. The summed E-state index contributed by atoms with van der Waals surface area (Å²) >= 11 is 1.84. The van der Waals surface area contributed by atoms with Crippen LogP contribution in [-0.2, 0) is 0 Å². The summed E-state index contributed by atoms with van der Waals surface area (Å²) in [6.45, 7) is 9.86. The smallest absolute Gasteiger partial charge is 0.185 e. The van der Waals surface area contributed by atoms with Gasteiger partial charge in [0.1, 0.15) is 0 Å². The first-order valence-corrected chi connectivity index (χ1v) is 8.00. The number of anilines is 1. The van der Waals surface area contributed by atoms with Crippen LogP contribution in [0.1, 0.15) is 51.0 Å². The van der Waals surface area contributed by atoms with E-state index in [9.17, 15) is 0 Å². The second-order valence-electron chi connectivity index (χ2n) is 5.16. The number of aromatic nitrogens is 1. The van der Waals surface area contributed by atoms with Gasteiger partial charge in [-0.15, -0.1) is 11.3 Å². The van der Waals surface area contributed by atoms with Crippen LogP contribution >= 0.6 is 11.3 Å². The van der Waals surface area contributed by atoms with Crippen molar-refractivity contribution in [2.45, 2.75) is 46.1 Å². The monoisotopic (exact) mass is 267 g/mol. The third kappa shape index (κ3) is 3.23. The molecule has 4 heteroatoms. The molecule has 1 aliphatic rings. The highest BCUT2D eigenvalue weighted by molar-refractivity contribution is 7.15. The molecule has 0 amide bonds. The molecule has 0 aromatic carbocycles. The Morgan fingerprint density at radius 1 is 1.50 bits per heavy atom. The largest absolute Gasteiger partial charge is 0.348 e. The van der Waals surface area contributed by atoms with Gasteiger partial charge in [-0.3, -0.25) is 0 Å². The fourth-order valence-electron chi connectivity index (χ4n) is 2.36. The van der Waals surface area contributed by atoms with Gasteiger partial charge in [-0.25, -0.2) is 4.98 Å². The number of hydrogen-bond acceptors (Lipinski definition) is 4. The lowest BCUT2D eigenvalue weighted by Crippen LogP contribution is -2.32. The molecule has 0 bridgehead atoms. The van der Waals surface area contributed by atoms with Gasteiger partial charge in [0.05, 0.1) is 0 Å². The van der Waals surface area contributed by atoms with E-state index in [-0.39, 0.29) is 0 Å². The summed E-state index contributed by atoms with van der Waals surface area (Å²) in [6.07, 6.45) is 6.27. The average molecular weight is 267 g/mol. The van der Waals surface area contributed by atoms with Crippen LogP contribution in [0.5, 0.6) is 0 Å². The summed E-state index contributed by atoms with van der Waals surface area (Å²) in [5.74, 6) is 0.906. The standard InChI is InChI=1S/C14H25N3S/c1-4-15-11(3)13-9-16-14(18-13)17(5-2)10-12-7-6-8-12/h9,11-12,15H,4-8,10H2,1-3H3. The van der Waals surface area contributed by atoms with Crippen LogP contribution in [0.25, 0.3) is 0 Å². The molecule has 1 heterocycles. The zero-order valence-corrected chi connectivity index (χ0v) is 12.6. The van der Waals surface area contributed by atoms with Crippen molar-refractivity contribution in [3.05, 3.63) is 11.1 Å². The Labute approximate surface area is 115 Å². The highest BCUT2D eigenvalue weighted by atomic mass is 32.1. The van der Waals surface area contributed by atoms with E-state index < -0.39 is 0 Å². The van der Waals surface area contributed by atoms with Gasteiger partial charge in [-0.2, -0.15) is 0 Å². The number of thiazole rings is 1. The predicted molar refractivity (Wildman–Crippen MR) is 79.4 cm³/mol. The lowest BCUT2D eigenvalue weighted by Gasteiger charge is -2.31. The molecule has 18 heavy (non-hydrogen) atoms. The minimum Gasteiger partial charge on any atom is -0.348 e. The molecule has 1 unspecified atom stereocenters. The molecule has 1 atom stereocenters. The lowest BCUT2D eigenvalue weighted by atomic mass is 9.85. The lowest BCUT2D eigenvalue weighted by molar-refractivity contribution is 0.318. The number of nitrogens with zero attached hydrogens (tertiary/aromatic N) is 2. The molecule has 1 aromatic rings. The molecular formula is C14H25N3S. The van der Waals surface area contributed by atoms with Gasteiger partial charge in [0.15, 0.2) is 5.13 Å². The molecule has 1 fully saturated rings. The van der Waals surface area contributed by atoms with Gasteiger partial charge in [0.2, 0.25) is 0 Å². The Bertz CT molecular complexity index is 360. The van der Waals surface area contributed by atoms with Crippen LogP contribution in [-0.4, -0.2) is 24.6 Å². The SMILES string of the molecule is CCNC(C)c1cnc(N(CC)CC2CCC2)s1. The van der Waals surface area contributed by atoms with Gasteiger partial charge >= 0.3 is 0 Å². The maximum atomic E-state index is 4.61. The van der Waals surface area contributed by atoms with E-state index >= 15 is 0 Å². The van der Waals surface area contributed by atoms with Gasteiger partial charge < -0.3 is 10.2 Å². The van der Waals surface area contributed by atoms with E-state index in [4.69, 9.17) is 0 Å². The fraction of sp³-hybridized carbons (Fsp3) is 0.786. The Morgan fingerprint density at radius 2 is 2.28 bits per heavy atom. The van der Waals surface area contributed by atoms with E-state index in [1.807, 2.05) is 17.5 Å². The van der Waals surface area contributed by atoms with Crippen LogP contribution in [0.3, 0.4) is 0 Å². The van der Waals surface area contributed by atoms with Crippen molar-refractivity contribution in [3.63, 3.8) is 0 Å². The minimum absolute atomic E-state index is 0.420. The second-order valence-corrected chi connectivity index (χ2v) is 6.20. The fourth-order valence-corrected chi connectivity index (χ4v) is 3.37. The summed E-state index contributed by atoms with van der Waals surface area (Å²) in [6, 6.07) is 0.420. The van der Waals surface area contributed by atoms with Crippen LogP contribution < -0.4 is 10.2 Å². The van der Waals surface area contributed by atoms with E-state index in [0.29, 0.717) is 6.04 Å². The number of nitrogens with one attached hydrogen (secondary N) is 1. The molecule has 1 aliphatic carbocycles. The molecule has 0 aliphatic heterocycles. The average Bonchev–Trinajstić information content (AvgIpc) is 2.77. The van der Waals surface area contributed by atoms with Crippen LogP contribution in [0.2, 0.25) is 0 Å². The summed E-state index contributed by atoms with van der Waals surface area (Å²) in [4.78, 5) is 8.39. The van der Waals surface area contributed by atoms with Crippen molar-refractivity contribution in [3.8, 4) is 0 Å². The summed E-state index contributed by atoms with van der Waals surface area (Å²) < 4.78 is 0. The van der Waals surface area contributed by atoms with Crippen molar-refractivity contribution in [2.75, 3.05) is 24.5 Å². The molecule has 0 saturated heterocycles. The third-order valence-electron chi connectivity index (χ3n) is 3.80. The van der Waals surface area contributed by atoms with Gasteiger partial charge in [-0.05, 0) is 39.2 Å². The Hall–Kier alpha value is -0.610. The summed E-state index contributed by atoms with van der Waals surface area (Å²) in [7, 11) is 0. The molecular weight excluding hydrogens is 242 g/mol. The zero-order valence-electron chi connectivity index (χ0n) is 11.8. The quantitative estimate of drug-likeness (QED) is 0.820. The normalized spacial score (nSPS) is 17.5. The Kier molecular flexibility index (Phi) is 5.01. The van der Waals surface area contributed by atoms with Crippen molar-refractivity contribution >= 4 is 16.5 Å². The van der Waals surface area contributed by atoms with Crippen molar-refractivity contribution in [2.24, 2.45) is 5.92 Å². The maximum absolute atomic E-state index is 4.61. The highest BCUT2D eigenvalue weighted by Gasteiger charge is 2.22. The van der Waals surface area contributed by atoms with E-state index in [2.05, 4.69) is 36.0 Å². The van der Waals surface area contributed by atoms with Gasteiger partial charge in [0, 0.05) is 30.2 Å². The van der Waals surface area contributed by atoms with Crippen LogP contribution in [0.15, 0.2) is 6.20 Å². The summed E-state index contributed by atoms with van der Waals surface area (Å²) in [5.41, 5.74) is 0. The highest BCUT2D eigenvalue weighted by Crippen LogP contribution is 2.31. The van der Waals surface area contributed by atoms with Gasteiger partial charge in [0.25, 0.3) is 0 Å². The van der Waals surface area contributed by atoms with Crippen LogP contribution in [0.4, 0.5) is 5.13 Å². The number of hydrogen-bond donors (Lipinski definition) is 1. The first-order valence-electron chi connectivity index (χ1n) is 7.18. The molecule has 1 N–H and O–H groups in total. The van der Waals surface area contributed by atoms with E-state index in [1.54, 1.807) is 0 Å². The third-order valence-corrected chi connectivity index (χ3v) is 5.04. The van der Waals surface area contributed by atoms with Gasteiger partial charge in [-0.1, -0.05) is 13.3 Å². The zero-order chi connectivity index (χ0) is 13.0. The first-order chi connectivity index (χ1) is 8.74. The topological polar surface area (TPSA) is 28.2 Å². The molecule has 1 saturated carbocycles. The van der Waals surface area contributed by atoms with Crippen molar-refractivity contribution < 1.29 is 0 Å². The summed E-state index contributed by atoms with van der Waals surface area (Å²) in [5, 5.41) is 4.65. The predicted octanol–water partition coefficient (Wildman–Crippen LogP) is 3.44. The van der Waals surface area contributed by atoms with Crippen molar-refractivity contribution in [1.82, 2.24) is 10.3 Å². The maximum Gasteiger partial charge on any atom is 0.185 e. The molecule has 3 nitrogen and oxygen atoms in total. The first kappa shape index (κ1) is 13.8.